The second kappa shape index (κ2) is 17.2. The third-order valence-electron chi connectivity index (χ3n) is 0. The Morgan fingerprint density at radius 3 is 1.00 bits per heavy atom. The molecule has 2 N–H and O–H groups in total. The van der Waals surface area contributed by atoms with Crippen LogP contribution in [-0.2, 0) is 17.1 Å². The summed E-state index contributed by atoms with van der Waals surface area (Å²) < 4.78 is 0. The second-order valence-corrected chi connectivity index (χ2v) is 0. The van der Waals surface area contributed by atoms with Crippen molar-refractivity contribution in [3.63, 3.8) is 0 Å². The summed E-state index contributed by atoms with van der Waals surface area (Å²) in [4.78, 5) is 0. The summed E-state index contributed by atoms with van der Waals surface area (Å²) in [5, 5.41) is 0. The molecule has 0 bridgehead atoms. The number of rotatable bonds is 0. The van der Waals surface area contributed by atoms with Crippen LogP contribution in [0, 0.1) is 0 Å². The Morgan fingerprint density at radius 2 is 1.00 bits per heavy atom. The van der Waals surface area contributed by atoms with Crippen molar-refractivity contribution in [2.24, 2.45) is 0 Å². The molecule has 4 heavy (non-hydrogen) atoms. The van der Waals surface area contributed by atoms with Gasteiger partial charge in [0.15, 0.2) is 0 Å². The fourth-order valence-corrected chi connectivity index (χ4v) is 0. The Morgan fingerprint density at radius 1 is 1.00 bits per heavy atom. The van der Waals surface area contributed by atoms with E-state index in [4.69, 9.17) is 0 Å². The molecule has 0 aliphatic carbocycles. The van der Waals surface area contributed by atoms with Crippen molar-refractivity contribution >= 4 is 68.5 Å². The van der Waals surface area contributed by atoms with Crippen LogP contribution in [0.2, 0.25) is 0 Å². The molecule has 0 aliphatic heterocycles. The molecule has 0 atom stereocenters. The summed E-state index contributed by atoms with van der Waals surface area (Å²) in [6.45, 7) is 0. The first-order valence-electron chi connectivity index (χ1n) is 0. The molecule has 23 valence electrons. The van der Waals surface area contributed by atoms with Gasteiger partial charge in [-0.05, 0) is 0 Å². The van der Waals surface area contributed by atoms with E-state index < -0.39 is 0 Å². The van der Waals surface area contributed by atoms with Crippen molar-refractivity contribution in [1.82, 2.24) is 0 Å². The molecule has 0 spiro atoms. The Labute approximate surface area is 89.1 Å². The Kier molecular flexibility index (Phi) is 128. The van der Waals surface area contributed by atoms with Gasteiger partial charge in [-0.15, -0.1) is 0 Å². The van der Waals surface area contributed by atoms with Crippen LogP contribution in [0.3, 0.4) is 0 Å². The zero-order valence-electron chi connectivity index (χ0n) is 0.878. The molecule has 0 fully saturated rings. The molecular formula is H6MgMnOSr. The maximum absolute atomic E-state index is 0. The van der Waals surface area contributed by atoms with Crippen LogP contribution in [-0.4, -0.2) is 74.0 Å². The number of hydrogen-bond donors (Lipinski definition) is 0. The SMILES string of the molecule is O.[MgH2].[Mn].[SrH2]. The minimum atomic E-state index is 0. The van der Waals surface area contributed by atoms with Gasteiger partial charge >= 0.3 is 68.5 Å². The summed E-state index contributed by atoms with van der Waals surface area (Å²) in [6.07, 6.45) is 0. The van der Waals surface area contributed by atoms with Gasteiger partial charge in [0.25, 0.3) is 0 Å². The normalized spacial score (nSPS) is 0. The molecule has 0 rings (SSSR count). The van der Waals surface area contributed by atoms with Crippen LogP contribution < -0.4 is 0 Å². The summed E-state index contributed by atoms with van der Waals surface area (Å²) in [5.74, 6) is 0. The molecule has 0 aromatic carbocycles. The predicted molar refractivity (Wildman–Crippen MR) is 20.7 cm³/mol. The van der Waals surface area contributed by atoms with Gasteiger partial charge in [0.1, 0.15) is 0 Å². The van der Waals surface area contributed by atoms with Gasteiger partial charge in [-0.2, -0.15) is 0 Å². The summed E-state index contributed by atoms with van der Waals surface area (Å²) >= 11 is 0. The van der Waals surface area contributed by atoms with Crippen molar-refractivity contribution in [3.8, 4) is 0 Å². The van der Waals surface area contributed by atoms with Gasteiger partial charge in [-0.1, -0.05) is 0 Å². The quantitative estimate of drug-likeness (QED) is 0.372. The van der Waals surface area contributed by atoms with Crippen LogP contribution >= 0.6 is 0 Å². The van der Waals surface area contributed by atoms with E-state index in [1.165, 1.54) is 0 Å². The maximum atomic E-state index is 0. The van der Waals surface area contributed by atoms with E-state index in [1.807, 2.05) is 0 Å². The zero-order valence-corrected chi connectivity index (χ0v) is 2.06. The van der Waals surface area contributed by atoms with Crippen molar-refractivity contribution < 1.29 is 22.5 Å². The molecule has 0 aliphatic rings. The first kappa shape index (κ1) is 29.7. The molecule has 0 unspecified atom stereocenters. The van der Waals surface area contributed by atoms with Gasteiger partial charge in [-0.3, -0.25) is 0 Å². The average molecular weight is 189 g/mol. The molecule has 0 aromatic heterocycles. The monoisotopic (exact) mass is 189 g/mol. The van der Waals surface area contributed by atoms with Crippen LogP contribution in [0.4, 0.5) is 0 Å². The van der Waals surface area contributed by atoms with Crippen molar-refractivity contribution in [3.05, 3.63) is 0 Å². The fraction of sp³-hybridized carbons (Fsp3) is 0. The first-order chi connectivity index (χ1) is 0. The zero-order chi connectivity index (χ0) is 0. The molecule has 0 amide bonds. The van der Waals surface area contributed by atoms with E-state index in [0.29, 0.717) is 0 Å². The molecule has 1 radical (unpaired) electrons. The molecule has 0 aromatic rings. The Bertz CT molecular complexity index is 8.00. The summed E-state index contributed by atoms with van der Waals surface area (Å²) in [7, 11) is 0. The van der Waals surface area contributed by atoms with Crippen LogP contribution in [0.25, 0.3) is 0 Å². The standard InChI is InChI=1S/Mg.Mn.H2O.Sr.4H/h;;1H2;;;;;. The molecule has 1 nitrogen and oxygen atoms in total. The van der Waals surface area contributed by atoms with Gasteiger partial charge in [0.2, 0.25) is 0 Å². The molecular weight excluding hydrogens is 183 g/mol. The van der Waals surface area contributed by atoms with Gasteiger partial charge in [0, 0.05) is 17.1 Å². The summed E-state index contributed by atoms with van der Waals surface area (Å²) in [6, 6.07) is 0. The van der Waals surface area contributed by atoms with E-state index in [-0.39, 0.29) is 91.1 Å². The molecule has 0 saturated carbocycles. The topological polar surface area (TPSA) is 31.5 Å². The molecule has 0 heterocycles. The van der Waals surface area contributed by atoms with Crippen LogP contribution in [0.5, 0.6) is 0 Å². The minimum absolute atomic E-state index is 0. The van der Waals surface area contributed by atoms with Crippen LogP contribution in [0.1, 0.15) is 0 Å². The second-order valence-electron chi connectivity index (χ2n) is 0. The van der Waals surface area contributed by atoms with E-state index >= 15 is 0 Å². The van der Waals surface area contributed by atoms with E-state index in [9.17, 15) is 0 Å². The van der Waals surface area contributed by atoms with E-state index in [0.717, 1.165) is 0 Å². The van der Waals surface area contributed by atoms with Gasteiger partial charge in [0.05, 0.1) is 0 Å². The Hall–Kier alpha value is 2.73. The van der Waals surface area contributed by atoms with E-state index in [2.05, 4.69) is 0 Å². The third-order valence-corrected chi connectivity index (χ3v) is 0. The van der Waals surface area contributed by atoms with Crippen molar-refractivity contribution in [2.75, 3.05) is 0 Å². The van der Waals surface area contributed by atoms with Gasteiger partial charge in [-0.25, -0.2) is 0 Å². The third kappa shape index (κ3) is 8.83. The number of hydrogen-bond acceptors (Lipinski definition) is 0. The molecule has 0 saturated heterocycles. The predicted octanol–water partition coefficient (Wildman–Crippen LogP) is -2.66. The van der Waals surface area contributed by atoms with Crippen LogP contribution in [0.15, 0.2) is 0 Å². The fourth-order valence-electron chi connectivity index (χ4n) is 0. The first-order valence-corrected chi connectivity index (χ1v) is 0. The molecule has 4 heteroatoms. The van der Waals surface area contributed by atoms with Gasteiger partial charge < -0.3 is 5.48 Å². The van der Waals surface area contributed by atoms with Crippen molar-refractivity contribution in [1.29, 1.82) is 0 Å². The van der Waals surface area contributed by atoms with E-state index in [1.54, 1.807) is 0 Å². The van der Waals surface area contributed by atoms with Crippen molar-refractivity contribution in [2.45, 2.75) is 0 Å². The Balaban J connectivity index is 0. The average Bonchev–Trinajstić information content (AvgIpc) is 0. The summed E-state index contributed by atoms with van der Waals surface area (Å²) in [5.41, 5.74) is 0.